The van der Waals surface area contributed by atoms with Crippen molar-refractivity contribution in [3.8, 4) is 0 Å². The maximum absolute atomic E-state index is 4.42. The Kier molecular flexibility index (Phi) is 2.05. The molecule has 1 aliphatic carbocycles. The van der Waals surface area contributed by atoms with E-state index in [1.807, 2.05) is 12.4 Å². The molecule has 0 amide bonds. The lowest BCUT2D eigenvalue weighted by Crippen LogP contribution is -1.92. The zero-order valence-corrected chi connectivity index (χ0v) is 8.66. The summed E-state index contributed by atoms with van der Waals surface area (Å²) in [6.45, 7) is 0. The molecule has 0 unspecified atom stereocenters. The van der Waals surface area contributed by atoms with E-state index in [-0.39, 0.29) is 0 Å². The van der Waals surface area contributed by atoms with E-state index in [0.717, 1.165) is 5.65 Å². The fraction of sp³-hybridized carbons (Fsp3) is 0.308. The van der Waals surface area contributed by atoms with Gasteiger partial charge in [0.2, 0.25) is 0 Å². The molecule has 2 aromatic rings. The number of fused-ring (bicyclic) bond motifs is 1. The molecule has 3 rings (SSSR count). The maximum Gasteiger partial charge on any atom is 0.137 e. The zero-order chi connectivity index (χ0) is 10.1. The molecule has 0 atom stereocenters. The standard InChI is InChI=1S/C13H14N2/c1-2-4-10(5-3-1)12-8-11-6-7-14-13(11)15-9-12/h4,6-9H,1-3,5H2,(H,14,15). The second-order valence-corrected chi connectivity index (χ2v) is 4.11. The Morgan fingerprint density at radius 2 is 2.27 bits per heavy atom. The van der Waals surface area contributed by atoms with E-state index < -0.39 is 0 Å². The number of rotatable bonds is 1. The molecule has 0 aromatic carbocycles. The first kappa shape index (κ1) is 8.72. The van der Waals surface area contributed by atoms with Crippen LogP contribution in [0.2, 0.25) is 0 Å². The lowest BCUT2D eigenvalue weighted by Gasteiger charge is -2.12. The predicted octanol–water partition coefficient (Wildman–Crippen LogP) is 3.52. The maximum atomic E-state index is 4.42. The van der Waals surface area contributed by atoms with Crippen LogP contribution < -0.4 is 0 Å². The van der Waals surface area contributed by atoms with Crippen LogP contribution in [0.25, 0.3) is 16.6 Å². The van der Waals surface area contributed by atoms with E-state index in [0.29, 0.717) is 0 Å². The predicted molar refractivity (Wildman–Crippen MR) is 62.5 cm³/mol. The Balaban J connectivity index is 2.06. The first-order valence-corrected chi connectivity index (χ1v) is 5.56. The molecule has 2 nitrogen and oxygen atoms in total. The van der Waals surface area contributed by atoms with Gasteiger partial charge >= 0.3 is 0 Å². The second-order valence-electron chi connectivity index (χ2n) is 4.11. The number of H-pyrrole nitrogens is 1. The highest BCUT2D eigenvalue weighted by Gasteiger charge is 2.07. The van der Waals surface area contributed by atoms with Crippen molar-refractivity contribution in [1.82, 2.24) is 9.97 Å². The van der Waals surface area contributed by atoms with Gasteiger partial charge in [-0.15, -0.1) is 0 Å². The van der Waals surface area contributed by atoms with Crippen molar-refractivity contribution in [2.45, 2.75) is 25.7 Å². The van der Waals surface area contributed by atoms with Crippen LogP contribution in [-0.2, 0) is 0 Å². The molecule has 0 spiro atoms. The summed E-state index contributed by atoms with van der Waals surface area (Å²) < 4.78 is 0. The van der Waals surface area contributed by atoms with Crippen LogP contribution in [0.5, 0.6) is 0 Å². The third-order valence-corrected chi connectivity index (χ3v) is 3.06. The van der Waals surface area contributed by atoms with Crippen molar-refractivity contribution in [3.63, 3.8) is 0 Å². The first-order chi connectivity index (χ1) is 7.43. The number of allylic oxidation sites excluding steroid dienone is 2. The van der Waals surface area contributed by atoms with Crippen molar-refractivity contribution in [1.29, 1.82) is 0 Å². The summed E-state index contributed by atoms with van der Waals surface area (Å²) >= 11 is 0. The van der Waals surface area contributed by atoms with Crippen LogP contribution in [0.3, 0.4) is 0 Å². The number of hydrogen-bond acceptors (Lipinski definition) is 1. The van der Waals surface area contributed by atoms with Gasteiger partial charge in [-0.25, -0.2) is 4.98 Å². The second kappa shape index (κ2) is 3.54. The molecular weight excluding hydrogens is 184 g/mol. The molecule has 2 heteroatoms. The molecule has 0 saturated carbocycles. The number of aromatic nitrogens is 2. The molecule has 0 aliphatic heterocycles. The lowest BCUT2D eigenvalue weighted by molar-refractivity contribution is 0.742. The SMILES string of the molecule is C1=C(c2cnc3[nH]ccc3c2)CCCC1. The molecule has 0 fully saturated rings. The van der Waals surface area contributed by atoms with Gasteiger partial charge < -0.3 is 4.98 Å². The molecule has 15 heavy (non-hydrogen) atoms. The van der Waals surface area contributed by atoms with Gasteiger partial charge in [0, 0.05) is 17.8 Å². The highest BCUT2D eigenvalue weighted by atomic mass is 14.8. The van der Waals surface area contributed by atoms with E-state index in [9.17, 15) is 0 Å². The Labute approximate surface area is 89.0 Å². The third-order valence-electron chi connectivity index (χ3n) is 3.06. The van der Waals surface area contributed by atoms with Crippen molar-refractivity contribution < 1.29 is 0 Å². The van der Waals surface area contributed by atoms with E-state index in [4.69, 9.17) is 0 Å². The average molecular weight is 198 g/mol. The molecule has 0 bridgehead atoms. The normalized spacial score (nSPS) is 16.7. The van der Waals surface area contributed by atoms with Crippen molar-refractivity contribution in [3.05, 3.63) is 36.2 Å². The summed E-state index contributed by atoms with van der Waals surface area (Å²) in [6.07, 6.45) is 11.4. The molecule has 2 heterocycles. The minimum absolute atomic E-state index is 0.982. The Morgan fingerprint density at radius 3 is 3.13 bits per heavy atom. The monoisotopic (exact) mass is 198 g/mol. The molecule has 0 saturated heterocycles. The number of pyridine rings is 1. The summed E-state index contributed by atoms with van der Waals surface area (Å²) in [5, 5.41) is 1.21. The van der Waals surface area contributed by atoms with Crippen LogP contribution in [-0.4, -0.2) is 9.97 Å². The number of hydrogen-bond donors (Lipinski definition) is 1. The van der Waals surface area contributed by atoms with Crippen LogP contribution in [0.1, 0.15) is 31.2 Å². The van der Waals surface area contributed by atoms with Crippen LogP contribution >= 0.6 is 0 Å². The summed E-state index contributed by atoms with van der Waals surface area (Å²) in [5.74, 6) is 0. The lowest BCUT2D eigenvalue weighted by atomic mass is 9.94. The number of nitrogens with one attached hydrogen (secondary N) is 1. The fourth-order valence-electron chi connectivity index (χ4n) is 2.22. The first-order valence-electron chi connectivity index (χ1n) is 5.56. The van der Waals surface area contributed by atoms with Crippen molar-refractivity contribution in [2.75, 3.05) is 0 Å². The Morgan fingerprint density at radius 1 is 1.27 bits per heavy atom. The minimum atomic E-state index is 0.982. The molecular formula is C13H14N2. The van der Waals surface area contributed by atoms with E-state index >= 15 is 0 Å². The average Bonchev–Trinajstić information content (AvgIpc) is 2.77. The molecule has 2 aromatic heterocycles. The largest absolute Gasteiger partial charge is 0.346 e. The van der Waals surface area contributed by atoms with Gasteiger partial charge in [0.15, 0.2) is 0 Å². The third kappa shape index (κ3) is 1.56. The fourth-order valence-corrected chi connectivity index (χ4v) is 2.22. The van der Waals surface area contributed by atoms with Gasteiger partial charge in [-0.2, -0.15) is 0 Å². The Hall–Kier alpha value is -1.57. The Bertz CT molecular complexity index is 508. The molecule has 0 radical (unpaired) electrons. The zero-order valence-electron chi connectivity index (χ0n) is 8.66. The van der Waals surface area contributed by atoms with Crippen LogP contribution in [0, 0.1) is 0 Å². The number of nitrogens with zero attached hydrogens (tertiary/aromatic N) is 1. The smallest absolute Gasteiger partial charge is 0.137 e. The van der Waals surface area contributed by atoms with Crippen molar-refractivity contribution in [2.24, 2.45) is 0 Å². The van der Waals surface area contributed by atoms with Gasteiger partial charge in [0.1, 0.15) is 5.65 Å². The highest BCUT2D eigenvalue weighted by Crippen LogP contribution is 2.27. The van der Waals surface area contributed by atoms with E-state index in [1.54, 1.807) is 0 Å². The van der Waals surface area contributed by atoms with Gasteiger partial charge in [-0.3, -0.25) is 0 Å². The van der Waals surface area contributed by atoms with Gasteiger partial charge in [-0.1, -0.05) is 6.08 Å². The van der Waals surface area contributed by atoms with Gasteiger partial charge in [0.05, 0.1) is 0 Å². The van der Waals surface area contributed by atoms with E-state index in [2.05, 4.69) is 28.2 Å². The summed E-state index contributed by atoms with van der Waals surface area (Å²) in [7, 11) is 0. The van der Waals surface area contributed by atoms with E-state index in [1.165, 1.54) is 42.2 Å². The van der Waals surface area contributed by atoms with Crippen molar-refractivity contribution >= 4 is 16.6 Å². The number of aromatic amines is 1. The molecule has 1 N–H and O–H groups in total. The van der Waals surface area contributed by atoms with Gasteiger partial charge in [0.25, 0.3) is 0 Å². The summed E-state index contributed by atoms with van der Waals surface area (Å²) in [4.78, 5) is 7.54. The van der Waals surface area contributed by atoms with Crippen LogP contribution in [0.15, 0.2) is 30.6 Å². The minimum Gasteiger partial charge on any atom is -0.346 e. The van der Waals surface area contributed by atoms with Gasteiger partial charge in [-0.05, 0) is 49.0 Å². The molecule has 1 aliphatic rings. The summed E-state index contributed by atoms with van der Waals surface area (Å²) in [6, 6.07) is 4.31. The summed E-state index contributed by atoms with van der Waals surface area (Å²) in [5.41, 5.74) is 3.74. The van der Waals surface area contributed by atoms with Crippen LogP contribution in [0.4, 0.5) is 0 Å². The quantitative estimate of drug-likeness (QED) is 0.746. The topological polar surface area (TPSA) is 28.7 Å². The molecule has 76 valence electrons. The highest BCUT2D eigenvalue weighted by molar-refractivity contribution is 5.80.